The number of aliphatic hydroxyl groups is 2. The van der Waals surface area contributed by atoms with E-state index in [1.165, 1.54) is 0 Å². The maximum absolute atomic E-state index is 13.3. The molecule has 7 heteroatoms. The van der Waals surface area contributed by atoms with Crippen LogP contribution in [0.3, 0.4) is 0 Å². The van der Waals surface area contributed by atoms with Crippen LogP contribution in [0.2, 0.25) is 0 Å². The molecule has 4 aromatic rings. The molecule has 7 nitrogen and oxygen atoms in total. The van der Waals surface area contributed by atoms with Gasteiger partial charge in [0.25, 0.3) is 0 Å². The van der Waals surface area contributed by atoms with Crippen LogP contribution < -0.4 is 14.8 Å². The normalized spacial score (nSPS) is 11.5. The van der Waals surface area contributed by atoms with Crippen LogP contribution in [0.4, 0.5) is 0 Å². The molecule has 0 aliphatic rings. The molecule has 0 amide bonds. The highest BCUT2D eigenvalue weighted by Crippen LogP contribution is 2.31. The Bertz CT molecular complexity index is 1510. The third kappa shape index (κ3) is 7.13. The van der Waals surface area contributed by atoms with Gasteiger partial charge < -0.3 is 25.0 Å². The number of carbonyl (C=O) groups is 1. The van der Waals surface area contributed by atoms with Crippen molar-refractivity contribution in [1.82, 2.24) is 5.32 Å². The summed E-state index contributed by atoms with van der Waals surface area (Å²) in [7, 11) is 0. The molecule has 0 aliphatic carbocycles. The lowest BCUT2D eigenvalue weighted by Gasteiger charge is -2.18. The average Bonchev–Trinajstić information content (AvgIpc) is 2.97. The van der Waals surface area contributed by atoms with Gasteiger partial charge in [-0.25, -0.2) is 4.79 Å². The summed E-state index contributed by atoms with van der Waals surface area (Å²) in [4.78, 5) is 13.3. The molecule has 40 heavy (non-hydrogen) atoms. The van der Waals surface area contributed by atoms with Crippen LogP contribution in [0.15, 0.2) is 84.9 Å². The Morgan fingerprint density at radius 1 is 1.00 bits per heavy atom. The number of ether oxygens (including phenoxy) is 2. The van der Waals surface area contributed by atoms with Crippen molar-refractivity contribution >= 4 is 5.97 Å². The number of nitrogens with zero attached hydrogens (tertiary/aromatic N) is 1. The van der Waals surface area contributed by atoms with Crippen molar-refractivity contribution < 1.29 is 24.5 Å². The summed E-state index contributed by atoms with van der Waals surface area (Å²) in [6.07, 6.45) is -0.881. The minimum Gasteiger partial charge on any atom is -0.488 e. The highest BCUT2D eigenvalue weighted by Gasteiger charge is 2.18. The molecule has 0 saturated heterocycles. The zero-order chi connectivity index (χ0) is 28.5. The highest BCUT2D eigenvalue weighted by atomic mass is 16.5. The highest BCUT2D eigenvalue weighted by molar-refractivity contribution is 5.95. The van der Waals surface area contributed by atoms with E-state index in [1.807, 2.05) is 62.4 Å². The summed E-state index contributed by atoms with van der Waals surface area (Å²) in [6, 6.07) is 28.2. The molecule has 204 valence electrons. The lowest BCUT2D eigenvalue weighted by atomic mass is 9.96. The molecule has 0 bridgehead atoms. The fraction of sp³-hybridized carbons (Fsp3) is 0.212. The third-order valence-electron chi connectivity index (χ3n) is 6.60. The second-order valence-corrected chi connectivity index (χ2v) is 9.52. The predicted octanol–water partition coefficient (Wildman–Crippen LogP) is 5.08. The standard InChI is InChI=1S/C33H32N2O5/c1-22-14-28(40-33(38)30-13-7-12-29(23(30)2)26-10-4-3-5-11-26)16-32(31(22)19-35-18-27(37)20-36)39-21-25-9-6-8-24(15-25)17-34/h3-16,27,35-37H,18-21H2,1-2H3/t27-/m0/s1. The fourth-order valence-electron chi connectivity index (χ4n) is 4.44. The monoisotopic (exact) mass is 536 g/mol. The third-order valence-corrected chi connectivity index (χ3v) is 6.60. The summed E-state index contributed by atoms with van der Waals surface area (Å²) in [6.45, 7) is 4.22. The molecule has 1 atom stereocenters. The van der Waals surface area contributed by atoms with E-state index in [0.717, 1.165) is 33.4 Å². The predicted molar refractivity (Wildman–Crippen MR) is 153 cm³/mol. The molecule has 0 aromatic heterocycles. The molecule has 0 radical (unpaired) electrons. The second-order valence-electron chi connectivity index (χ2n) is 9.52. The number of esters is 1. The van der Waals surface area contributed by atoms with E-state index in [4.69, 9.17) is 14.6 Å². The maximum Gasteiger partial charge on any atom is 0.343 e. The summed E-state index contributed by atoms with van der Waals surface area (Å²) in [5.41, 5.74) is 6.28. The Morgan fingerprint density at radius 2 is 1.77 bits per heavy atom. The zero-order valence-electron chi connectivity index (χ0n) is 22.6. The quantitative estimate of drug-likeness (QED) is 0.181. The summed E-state index contributed by atoms with van der Waals surface area (Å²) in [5.74, 6) is 0.372. The molecule has 0 aliphatic heterocycles. The van der Waals surface area contributed by atoms with E-state index in [0.29, 0.717) is 29.2 Å². The Kier molecular flexibility index (Phi) is 9.66. The van der Waals surface area contributed by atoms with Gasteiger partial charge in [0, 0.05) is 24.7 Å². The van der Waals surface area contributed by atoms with Crippen LogP contribution in [-0.2, 0) is 13.2 Å². The first-order chi connectivity index (χ1) is 19.4. The van der Waals surface area contributed by atoms with Crippen molar-refractivity contribution in [1.29, 1.82) is 5.26 Å². The van der Waals surface area contributed by atoms with Gasteiger partial charge in [0.1, 0.15) is 18.1 Å². The SMILES string of the molecule is Cc1cc(OC(=O)c2cccc(-c3ccccc3)c2C)cc(OCc2cccc(C#N)c2)c1CNC[C@H](O)CO. The molecular formula is C33H32N2O5. The van der Waals surface area contributed by atoms with Crippen molar-refractivity contribution in [3.63, 3.8) is 0 Å². The molecule has 3 N–H and O–H groups in total. The van der Waals surface area contributed by atoms with E-state index in [-0.39, 0.29) is 19.8 Å². The second kappa shape index (κ2) is 13.5. The molecule has 0 unspecified atom stereocenters. The van der Waals surface area contributed by atoms with Crippen molar-refractivity contribution in [2.24, 2.45) is 0 Å². The number of carbonyl (C=O) groups excluding carboxylic acids is 1. The molecule has 4 aromatic carbocycles. The Morgan fingerprint density at radius 3 is 2.52 bits per heavy atom. The molecule has 0 heterocycles. The topological polar surface area (TPSA) is 112 Å². The van der Waals surface area contributed by atoms with Crippen molar-refractivity contribution in [3.05, 3.63) is 118 Å². The van der Waals surface area contributed by atoms with Gasteiger partial charge in [0.05, 0.1) is 29.9 Å². The van der Waals surface area contributed by atoms with Gasteiger partial charge in [-0.1, -0.05) is 54.6 Å². The van der Waals surface area contributed by atoms with Crippen LogP contribution in [0.1, 0.15) is 38.2 Å². The Balaban J connectivity index is 1.60. The first kappa shape index (κ1) is 28.5. The van der Waals surface area contributed by atoms with Crippen LogP contribution in [0.5, 0.6) is 11.5 Å². The molecule has 0 fully saturated rings. The van der Waals surface area contributed by atoms with Gasteiger partial charge in [0.15, 0.2) is 0 Å². The minimum atomic E-state index is -0.881. The summed E-state index contributed by atoms with van der Waals surface area (Å²) < 4.78 is 12.0. The van der Waals surface area contributed by atoms with Crippen LogP contribution in [-0.4, -0.2) is 35.4 Å². The first-order valence-electron chi connectivity index (χ1n) is 13.0. The van der Waals surface area contributed by atoms with E-state index in [2.05, 4.69) is 11.4 Å². The van der Waals surface area contributed by atoms with Gasteiger partial charge >= 0.3 is 5.97 Å². The van der Waals surface area contributed by atoms with E-state index < -0.39 is 12.1 Å². The number of hydrogen-bond acceptors (Lipinski definition) is 7. The zero-order valence-corrected chi connectivity index (χ0v) is 22.6. The number of aryl methyl sites for hydroxylation is 1. The van der Waals surface area contributed by atoms with Crippen LogP contribution in [0.25, 0.3) is 11.1 Å². The van der Waals surface area contributed by atoms with E-state index >= 15 is 0 Å². The number of benzene rings is 4. The van der Waals surface area contributed by atoms with Crippen molar-refractivity contribution in [3.8, 4) is 28.7 Å². The molecular weight excluding hydrogens is 504 g/mol. The Labute approximate surface area is 234 Å². The van der Waals surface area contributed by atoms with Gasteiger partial charge in [0.2, 0.25) is 0 Å². The Hall–Kier alpha value is -4.48. The number of aliphatic hydroxyl groups excluding tert-OH is 2. The number of hydrogen-bond donors (Lipinski definition) is 3. The first-order valence-corrected chi connectivity index (χ1v) is 13.0. The van der Waals surface area contributed by atoms with Crippen molar-refractivity contribution in [2.75, 3.05) is 13.2 Å². The molecule has 4 rings (SSSR count). The molecule has 0 spiro atoms. The van der Waals surface area contributed by atoms with Gasteiger partial charge in [-0.15, -0.1) is 0 Å². The minimum absolute atomic E-state index is 0.202. The number of rotatable bonds is 11. The fourth-order valence-corrected chi connectivity index (χ4v) is 4.44. The summed E-state index contributed by atoms with van der Waals surface area (Å²) in [5, 5.41) is 31.2. The maximum atomic E-state index is 13.3. The summed E-state index contributed by atoms with van der Waals surface area (Å²) >= 11 is 0. The van der Waals surface area contributed by atoms with Gasteiger partial charge in [-0.05, 0) is 65.9 Å². The van der Waals surface area contributed by atoms with Gasteiger partial charge in [-0.2, -0.15) is 5.26 Å². The van der Waals surface area contributed by atoms with Crippen molar-refractivity contribution in [2.45, 2.75) is 33.1 Å². The van der Waals surface area contributed by atoms with Crippen LogP contribution in [0, 0.1) is 25.2 Å². The number of nitriles is 1. The van der Waals surface area contributed by atoms with Crippen LogP contribution >= 0.6 is 0 Å². The van der Waals surface area contributed by atoms with Gasteiger partial charge in [-0.3, -0.25) is 0 Å². The van der Waals surface area contributed by atoms with E-state index in [1.54, 1.807) is 36.4 Å². The largest absolute Gasteiger partial charge is 0.488 e. The molecule has 0 saturated carbocycles. The smallest absolute Gasteiger partial charge is 0.343 e. The number of nitrogens with one attached hydrogen (secondary N) is 1. The lowest BCUT2D eigenvalue weighted by Crippen LogP contribution is -2.29. The average molecular weight is 537 g/mol. The van der Waals surface area contributed by atoms with E-state index in [9.17, 15) is 15.2 Å². The lowest BCUT2D eigenvalue weighted by molar-refractivity contribution is 0.0733.